The highest BCUT2D eigenvalue weighted by Crippen LogP contribution is 2.25. The van der Waals surface area contributed by atoms with Gasteiger partial charge in [-0.1, -0.05) is 12.1 Å². The number of nitrogens with one attached hydrogen (secondary N) is 1. The van der Waals surface area contributed by atoms with Crippen molar-refractivity contribution in [3.05, 3.63) is 66.0 Å². The summed E-state index contributed by atoms with van der Waals surface area (Å²) in [5, 5.41) is 12.3. The first-order valence-corrected chi connectivity index (χ1v) is 9.78. The Kier molecular flexibility index (Phi) is 6.01. The first-order valence-electron chi connectivity index (χ1n) is 9.78. The average molecular weight is 409 g/mol. The number of carboxylic acid groups (broad SMARTS) is 1. The third kappa shape index (κ3) is 4.74. The molecule has 0 radical (unpaired) electrons. The fourth-order valence-electron chi connectivity index (χ4n) is 3.30. The van der Waals surface area contributed by atoms with E-state index in [0.29, 0.717) is 11.3 Å². The fraction of sp³-hybridized carbons (Fsp3) is 0.304. The number of carbonyl (C=O) groups is 2. The molecule has 0 saturated heterocycles. The largest absolute Gasteiger partial charge is 0.492 e. The molecule has 2 aromatic heterocycles. The van der Waals surface area contributed by atoms with Crippen molar-refractivity contribution in [2.24, 2.45) is 0 Å². The highest BCUT2D eigenvalue weighted by Gasteiger charge is 2.25. The number of ether oxygens (including phenoxy) is 1. The minimum Gasteiger partial charge on any atom is -0.492 e. The monoisotopic (exact) mass is 409 g/mol. The van der Waals surface area contributed by atoms with E-state index in [0.717, 1.165) is 16.8 Å². The molecule has 0 spiro atoms. The average Bonchev–Trinajstić information content (AvgIpc) is 2.99. The molecular formula is C23H27N3O4. The zero-order valence-corrected chi connectivity index (χ0v) is 17.7. The van der Waals surface area contributed by atoms with E-state index in [9.17, 15) is 14.7 Å². The van der Waals surface area contributed by atoms with Crippen molar-refractivity contribution in [2.75, 3.05) is 18.5 Å². The number of pyridine rings is 1. The second-order valence-electron chi connectivity index (χ2n) is 8.12. The SMILES string of the molecule is Cc1cn2ccccc2c1NC(=O)c1cccc(OCCN(C(=O)O)C(C)(C)C)c1. The Morgan fingerprint density at radius 2 is 1.93 bits per heavy atom. The van der Waals surface area contributed by atoms with Crippen molar-refractivity contribution in [3.8, 4) is 5.75 Å². The van der Waals surface area contributed by atoms with E-state index in [-0.39, 0.29) is 19.1 Å². The van der Waals surface area contributed by atoms with E-state index in [4.69, 9.17) is 4.74 Å². The van der Waals surface area contributed by atoms with Crippen LogP contribution in [0.3, 0.4) is 0 Å². The molecule has 7 nitrogen and oxygen atoms in total. The molecule has 2 N–H and O–H groups in total. The number of hydrogen-bond donors (Lipinski definition) is 2. The molecule has 0 bridgehead atoms. The van der Waals surface area contributed by atoms with E-state index < -0.39 is 11.6 Å². The van der Waals surface area contributed by atoms with Gasteiger partial charge in [0.2, 0.25) is 0 Å². The van der Waals surface area contributed by atoms with Gasteiger partial charge in [-0.2, -0.15) is 0 Å². The van der Waals surface area contributed by atoms with Crippen molar-refractivity contribution in [1.82, 2.24) is 9.30 Å². The molecule has 3 rings (SSSR count). The van der Waals surface area contributed by atoms with Crippen LogP contribution in [0.5, 0.6) is 5.75 Å². The quantitative estimate of drug-likeness (QED) is 0.620. The lowest BCUT2D eigenvalue weighted by Gasteiger charge is -2.32. The molecule has 0 unspecified atom stereocenters. The molecule has 0 saturated carbocycles. The van der Waals surface area contributed by atoms with Crippen LogP contribution in [0, 0.1) is 6.92 Å². The van der Waals surface area contributed by atoms with Crippen LogP contribution in [0.15, 0.2) is 54.9 Å². The molecule has 7 heteroatoms. The smallest absolute Gasteiger partial charge is 0.407 e. The molecule has 0 aliphatic heterocycles. The molecular weight excluding hydrogens is 382 g/mol. The van der Waals surface area contributed by atoms with Gasteiger partial charge < -0.3 is 24.5 Å². The Labute approximate surface area is 175 Å². The summed E-state index contributed by atoms with van der Waals surface area (Å²) in [6.07, 6.45) is 2.91. The highest BCUT2D eigenvalue weighted by atomic mass is 16.5. The number of fused-ring (bicyclic) bond motifs is 1. The minimum absolute atomic E-state index is 0.192. The standard InChI is InChI=1S/C23H27N3O4/c1-16-15-25-11-6-5-10-19(25)20(16)24-21(27)17-8-7-9-18(14-17)30-13-12-26(22(28)29)23(2,3)4/h5-11,14-15H,12-13H2,1-4H3,(H,24,27)(H,28,29). The molecule has 3 aromatic rings. The van der Waals surface area contributed by atoms with E-state index in [1.165, 1.54) is 4.90 Å². The van der Waals surface area contributed by atoms with Gasteiger partial charge in [-0.25, -0.2) is 4.79 Å². The molecule has 2 amide bonds. The van der Waals surface area contributed by atoms with E-state index in [2.05, 4.69) is 5.32 Å². The number of amides is 2. The van der Waals surface area contributed by atoms with Crippen LogP contribution in [-0.2, 0) is 0 Å². The third-order valence-corrected chi connectivity index (χ3v) is 4.83. The summed E-state index contributed by atoms with van der Waals surface area (Å²) in [5.41, 5.74) is 2.61. The first-order chi connectivity index (χ1) is 14.2. The maximum absolute atomic E-state index is 12.8. The summed E-state index contributed by atoms with van der Waals surface area (Å²) < 4.78 is 7.68. The zero-order valence-electron chi connectivity index (χ0n) is 17.7. The zero-order chi connectivity index (χ0) is 21.9. The first kappa shape index (κ1) is 21.2. The van der Waals surface area contributed by atoms with Gasteiger partial charge in [0.1, 0.15) is 12.4 Å². The molecule has 0 fully saturated rings. The van der Waals surface area contributed by atoms with Crippen molar-refractivity contribution in [2.45, 2.75) is 33.2 Å². The minimum atomic E-state index is -0.991. The topological polar surface area (TPSA) is 83.3 Å². The van der Waals surface area contributed by atoms with Gasteiger partial charge in [0.15, 0.2) is 0 Å². The molecule has 1 aromatic carbocycles. The van der Waals surface area contributed by atoms with Gasteiger partial charge in [0, 0.05) is 23.5 Å². The van der Waals surface area contributed by atoms with Crippen LogP contribution in [0.1, 0.15) is 36.7 Å². The van der Waals surface area contributed by atoms with Gasteiger partial charge in [-0.3, -0.25) is 4.79 Å². The number of aromatic nitrogens is 1. The number of aryl methyl sites for hydroxylation is 1. The number of anilines is 1. The lowest BCUT2D eigenvalue weighted by atomic mass is 10.1. The van der Waals surface area contributed by atoms with Crippen molar-refractivity contribution in [3.63, 3.8) is 0 Å². The Hall–Kier alpha value is -3.48. The summed E-state index contributed by atoms with van der Waals surface area (Å²) >= 11 is 0. The van der Waals surface area contributed by atoms with Crippen LogP contribution >= 0.6 is 0 Å². The van der Waals surface area contributed by atoms with Gasteiger partial charge in [0.05, 0.1) is 17.7 Å². The van der Waals surface area contributed by atoms with Crippen LogP contribution < -0.4 is 10.1 Å². The Morgan fingerprint density at radius 1 is 1.17 bits per heavy atom. The van der Waals surface area contributed by atoms with Crippen LogP contribution in [0.25, 0.3) is 5.52 Å². The Balaban J connectivity index is 1.68. The second-order valence-corrected chi connectivity index (χ2v) is 8.12. The number of nitrogens with zero attached hydrogens (tertiary/aromatic N) is 2. The van der Waals surface area contributed by atoms with Gasteiger partial charge in [-0.05, 0) is 63.6 Å². The van der Waals surface area contributed by atoms with Gasteiger partial charge in [0.25, 0.3) is 5.91 Å². The summed E-state index contributed by atoms with van der Waals surface area (Å²) in [5.74, 6) is 0.280. The van der Waals surface area contributed by atoms with Gasteiger partial charge >= 0.3 is 6.09 Å². The van der Waals surface area contributed by atoms with Crippen molar-refractivity contribution < 1.29 is 19.4 Å². The maximum atomic E-state index is 12.8. The predicted octanol–water partition coefficient (Wildman–Crippen LogP) is 4.66. The summed E-state index contributed by atoms with van der Waals surface area (Å²) in [6.45, 7) is 7.87. The van der Waals surface area contributed by atoms with E-state index >= 15 is 0 Å². The second kappa shape index (κ2) is 8.49. The maximum Gasteiger partial charge on any atom is 0.407 e. The van der Waals surface area contributed by atoms with Gasteiger partial charge in [-0.15, -0.1) is 0 Å². The van der Waals surface area contributed by atoms with Crippen LogP contribution in [0.2, 0.25) is 0 Å². The highest BCUT2D eigenvalue weighted by molar-refractivity contribution is 6.07. The molecule has 0 aliphatic rings. The number of rotatable bonds is 6. The Morgan fingerprint density at radius 3 is 2.63 bits per heavy atom. The molecule has 158 valence electrons. The summed E-state index contributed by atoms with van der Waals surface area (Å²) in [4.78, 5) is 25.5. The van der Waals surface area contributed by atoms with Crippen molar-refractivity contribution in [1.29, 1.82) is 0 Å². The number of carbonyl (C=O) groups excluding carboxylic acids is 1. The summed E-state index contributed by atoms with van der Waals surface area (Å²) in [7, 11) is 0. The molecule has 0 atom stereocenters. The molecule has 2 heterocycles. The van der Waals surface area contributed by atoms with E-state index in [1.807, 2.05) is 62.7 Å². The molecule has 0 aliphatic carbocycles. The number of hydrogen-bond acceptors (Lipinski definition) is 3. The van der Waals surface area contributed by atoms with Crippen LogP contribution in [-0.4, -0.2) is 45.1 Å². The lowest BCUT2D eigenvalue weighted by molar-refractivity contribution is 0.0892. The van der Waals surface area contributed by atoms with Crippen molar-refractivity contribution >= 4 is 23.2 Å². The normalized spacial score (nSPS) is 11.3. The third-order valence-electron chi connectivity index (χ3n) is 4.83. The lowest BCUT2D eigenvalue weighted by Crippen LogP contribution is -2.46. The van der Waals surface area contributed by atoms with E-state index in [1.54, 1.807) is 24.3 Å². The fourth-order valence-corrected chi connectivity index (χ4v) is 3.30. The Bertz CT molecular complexity index is 1070. The van der Waals surface area contributed by atoms with Crippen LogP contribution in [0.4, 0.5) is 10.5 Å². The summed E-state index contributed by atoms with van der Waals surface area (Å²) in [6, 6.07) is 12.7. The predicted molar refractivity (Wildman–Crippen MR) is 117 cm³/mol. The number of benzene rings is 1. The molecule has 30 heavy (non-hydrogen) atoms.